The van der Waals surface area contributed by atoms with Crippen molar-refractivity contribution in [1.29, 1.82) is 0 Å². The van der Waals surface area contributed by atoms with Gasteiger partial charge in [-0.1, -0.05) is 73.0 Å². The zero-order valence-corrected chi connectivity index (χ0v) is 21.6. The van der Waals surface area contributed by atoms with Gasteiger partial charge in [0, 0.05) is 12.8 Å². The molecule has 0 N–H and O–H groups in total. The van der Waals surface area contributed by atoms with Crippen LogP contribution in [0.15, 0.2) is 72.7 Å². The Labute approximate surface area is 233 Å². The van der Waals surface area contributed by atoms with Gasteiger partial charge in [0.2, 0.25) is 0 Å². The Morgan fingerprint density at radius 3 is 2.59 bits per heavy atom. The van der Waals surface area contributed by atoms with E-state index < -0.39 is 78.0 Å². The lowest BCUT2D eigenvalue weighted by molar-refractivity contribution is -0.375. The maximum Gasteiger partial charge on any atom is 0.169 e. The van der Waals surface area contributed by atoms with Crippen LogP contribution in [0.3, 0.4) is 0 Å². The van der Waals surface area contributed by atoms with E-state index in [9.17, 15) is 0 Å². The zero-order chi connectivity index (χ0) is 31.2. The molecule has 5 nitrogen and oxygen atoms in total. The van der Waals surface area contributed by atoms with Gasteiger partial charge >= 0.3 is 0 Å². The second kappa shape index (κ2) is 11.4. The summed E-state index contributed by atoms with van der Waals surface area (Å²) in [6, 6.07) is 10.9. The summed E-state index contributed by atoms with van der Waals surface area (Å²) in [6.07, 6.45) is 2.94. The molecule has 2 aliphatic heterocycles. The molecule has 1 aliphatic carbocycles. The van der Waals surface area contributed by atoms with E-state index in [1.165, 1.54) is 11.8 Å². The molecule has 3 fully saturated rings. The predicted molar refractivity (Wildman–Crippen MR) is 146 cm³/mol. The topological polar surface area (TPSA) is 46.2 Å². The first-order chi connectivity index (χ1) is 21.0. The smallest absolute Gasteiger partial charge is 0.169 e. The maximum atomic E-state index is 8.98. The average molecular weight is 528 g/mol. The van der Waals surface area contributed by atoms with Gasteiger partial charge in [0.1, 0.15) is 29.9 Å². The van der Waals surface area contributed by atoms with Crippen LogP contribution in [0.1, 0.15) is 52.8 Å². The van der Waals surface area contributed by atoms with E-state index in [-0.39, 0.29) is 13.2 Å². The molecule has 2 heterocycles. The minimum Gasteiger partial charge on any atom is -0.368 e. The van der Waals surface area contributed by atoms with Crippen LogP contribution in [-0.2, 0) is 36.9 Å². The second-order valence-electron chi connectivity index (χ2n) is 9.79. The number of hydrogen-bond donors (Lipinski definition) is 0. The molecule has 0 bridgehead atoms. The van der Waals surface area contributed by atoms with Crippen LogP contribution >= 0.6 is 11.8 Å². The SMILES string of the molecule is [2H]c1c([2H])c([2H])c(C([2H])([2H])O[C@@H]2[C@@H](OCc3ccc4ccccc4c3)[C@H](SC)O[C@@H]3COC4(CCCCC4)O[C@@H]23)c([2H])c1[2H]. The zero-order valence-electron chi connectivity index (χ0n) is 27.8. The first-order valence-corrected chi connectivity index (χ1v) is 14.2. The minimum absolute atomic E-state index is 0.187. The lowest BCUT2D eigenvalue weighted by Crippen LogP contribution is -2.66. The standard InChI is InChI=1S/C31H36O5S/c1-37-30-29(33-20-23-14-15-24-12-6-7-13-25(24)18-23)28(32-19-22-10-4-2-5-11-22)27-26(35-30)21-34-31(36-27)16-8-3-9-17-31/h2,4-7,10-15,18,26-30H,3,8-9,16-17,19-21H2,1H3/t26-,27-,28+,29-,30+/m1/s1/i2D,4D,5D,10D,11D,19D2. The van der Waals surface area contributed by atoms with E-state index in [4.69, 9.17) is 33.3 Å². The summed E-state index contributed by atoms with van der Waals surface area (Å²) in [5.41, 5.74) is -0.236. The first kappa shape index (κ1) is 18.4. The summed E-state index contributed by atoms with van der Waals surface area (Å²) < 4.78 is 91.1. The molecular formula is C31H36O5S. The van der Waals surface area contributed by atoms with Gasteiger partial charge < -0.3 is 23.7 Å². The molecule has 1 spiro atoms. The molecule has 0 unspecified atom stereocenters. The highest BCUT2D eigenvalue weighted by molar-refractivity contribution is 7.99. The summed E-state index contributed by atoms with van der Waals surface area (Å²) in [5, 5.41) is 2.16. The Balaban J connectivity index is 1.37. The van der Waals surface area contributed by atoms with Crippen molar-refractivity contribution < 1.29 is 33.3 Å². The van der Waals surface area contributed by atoms with Crippen molar-refractivity contribution in [1.82, 2.24) is 0 Å². The number of fused-ring (bicyclic) bond motifs is 2. The van der Waals surface area contributed by atoms with Crippen LogP contribution in [0.4, 0.5) is 0 Å². The van der Waals surface area contributed by atoms with Crippen LogP contribution in [0.25, 0.3) is 10.8 Å². The van der Waals surface area contributed by atoms with E-state index in [0.717, 1.165) is 35.6 Å². The lowest BCUT2D eigenvalue weighted by atomic mass is 9.90. The summed E-state index contributed by atoms with van der Waals surface area (Å²) >= 11 is 1.39. The molecule has 0 radical (unpaired) electrons. The molecule has 6 rings (SSSR count). The monoisotopic (exact) mass is 527 g/mol. The van der Waals surface area contributed by atoms with Crippen molar-refractivity contribution in [2.75, 3.05) is 12.9 Å². The molecule has 1 saturated carbocycles. The van der Waals surface area contributed by atoms with Gasteiger partial charge in [0.25, 0.3) is 0 Å². The van der Waals surface area contributed by atoms with Crippen LogP contribution in [-0.4, -0.2) is 48.5 Å². The molecule has 2 saturated heterocycles. The summed E-state index contributed by atoms with van der Waals surface area (Å²) in [4.78, 5) is 0. The minimum atomic E-state index is -2.78. The molecule has 0 amide bonds. The van der Waals surface area contributed by atoms with Crippen molar-refractivity contribution in [2.24, 2.45) is 0 Å². The van der Waals surface area contributed by atoms with Crippen molar-refractivity contribution in [3.8, 4) is 0 Å². The quantitative estimate of drug-likeness (QED) is 0.351. The third kappa shape index (κ3) is 5.60. The lowest BCUT2D eigenvalue weighted by Gasteiger charge is -2.53. The van der Waals surface area contributed by atoms with Gasteiger partial charge in [0.15, 0.2) is 5.79 Å². The number of rotatable bonds is 7. The third-order valence-electron chi connectivity index (χ3n) is 7.35. The predicted octanol–water partition coefficient (Wildman–Crippen LogP) is 6.47. The van der Waals surface area contributed by atoms with E-state index in [0.29, 0.717) is 12.8 Å². The van der Waals surface area contributed by atoms with Crippen molar-refractivity contribution in [3.05, 3.63) is 83.8 Å². The Morgan fingerprint density at radius 2 is 1.78 bits per heavy atom. The highest BCUT2D eigenvalue weighted by Crippen LogP contribution is 2.43. The van der Waals surface area contributed by atoms with E-state index in [2.05, 4.69) is 0 Å². The van der Waals surface area contributed by atoms with Gasteiger partial charge in [0.05, 0.1) is 29.4 Å². The molecule has 3 aromatic rings. The second-order valence-corrected chi connectivity index (χ2v) is 10.7. The Bertz CT molecular complexity index is 1490. The molecule has 3 aromatic carbocycles. The van der Waals surface area contributed by atoms with Crippen molar-refractivity contribution >= 4 is 22.5 Å². The number of ether oxygens (including phenoxy) is 5. The van der Waals surface area contributed by atoms with Crippen LogP contribution in [0.5, 0.6) is 0 Å². The van der Waals surface area contributed by atoms with E-state index >= 15 is 0 Å². The van der Waals surface area contributed by atoms with Gasteiger partial charge in [-0.2, -0.15) is 0 Å². The molecule has 0 aromatic heterocycles. The normalized spacial score (nSPS) is 32.4. The molecule has 37 heavy (non-hydrogen) atoms. The van der Waals surface area contributed by atoms with Crippen molar-refractivity contribution in [3.63, 3.8) is 0 Å². The summed E-state index contributed by atoms with van der Waals surface area (Å²) in [5.74, 6) is -0.844. The van der Waals surface area contributed by atoms with Crippen LogP contribution in [0, 0.1) is 0 Å². The average Bonchev–Trinajstić information content (AvgIpc) is 3.02. The highest BCUT2D eigenvalue weighted by Gasteiger charge is 2.54. The molecule has 196 valence electrons. The first-order valence-electron chi connectivity index (χ1n) is 16.4. The largest absolute Gasteiger partial charge is 0.368 e. The fraction of sp³-hybridized carbons (Fsp3) is 0.484. The number of thioether (sulfide) groups is 1. The fourth-order valence-corrected chi connectivity index (χ4v) is 6.23. The Hall–Kier alpha value is -1.93. The van der Waals surface area contributed by atoms with E-state index in [1.54, 1.807) is 0 Å². The van der Waals surface area contributed by atoms with Crippen molar-refractivity contribution in [2.45, 2.75) is 80.9 Å². The molecule has 5 atom stereocenters. The third-order valence-corrected chi connectivity index (χ3v) is 8.20. The van der Waals surface area contributed by atoms with Gasteiger partial charge in [-0.05, 0) is 47.1 Å². The molecular weight excluding hydrogens is 484 g/mol. The Kier molecular flexibility index (Phi) is 5.68. The summed E-state index contributed by atoms with van der Waals surface area (Å²) in [7, 11) is 0. The number of hydrogen-bond acceptors (Lipinski definition) is 6. The highest BCUT2D eigenvalue weighted by atomic mass is 32.2. The summed E-state index contributed by atoms with van der Waals surface area (Å²) in [6.45, 7) is -2.36. The van der Waals surface area contributed by atoms with Gasteiger partial charge in [-0.25, -0.2) is 0 Å². The maximum absolute atomic E-state index is 8.98. The van der Waals surface area contributed by atoms with Gasteiger partial charge in [-0.15, -0.1) is 11.8 Å². The fourth-order valence-electron chi connectivity index (χ4n) is 5.47. The van der Waals surface area contributed by atoms with E-state index in [1.807, 2.05) is 48.7 Å². The van der Waals surface area contributed by atoms with Crippen LogP contribution < -0.4 is 0 Å². The van der Waals surface area contributed by atoms with Gasteiger partial charge in [-0.3, -0.25) is 0 Å². The van der Waals surface area contributed by atoms with Crippen LogP contribution in [0.2, 0.25) is 0 Å². The molecule has 6 heteroatoms. The molecule has 3 aliphatic rings. The number of benzene rings is 3. The Morgan fingerprint density at radius 1 is 0.973 bits per heavy atom.